The summed E-state index contributed by atoms with van der Waals surface area (Å²) in [4.78, 5) is 0. The number of benzene rings is 1. The molecule has 0 aliphatic heterocycles. The van der Waals surface area contributed by atoms with E-state index in [9.17, 15) is 0 Å². The summed E-state index contributed by atoms with van der Waals surface area (Å²) in [5, 5.41) is 3.99. The van der Waals surface area contributed by atoms with Crippen molar-refractivity contribution in [1.82, 2.24) is 5.43 Å². The highest BCUT2D eigenvalue weighted by atomic mass is 32.1. The van der Waals surface area contributed by atoms with Gasteiger partial charge in [-0.1, -0.05) is 6.07 Å². The zero-order valence-corrected chi connectivity index (χ0v) is 9.47. The second-order valence-corrected chi connectivity index (χ2v) is 3.42. The van der Waals surface area contributed by atoms with Crippen LogP contribution in [-0.4, -0.2) is 18.4 Å². The molecule has 0 saturated carbocycles. The van der Waals surface area contributed by atoms with Crippen molar-refractivity contribution in [2.45, 2.75) is 6.92 Å². The summed E-state index contributed by atoms with van der Waals surface area (Å²) < 4.78 is 5.20. The lowest BCUT2D eigenvalue weighted by Crippen LogP contribution is -2.24. The number of ether oxygens (including phenoxy) is 1. The maximum absolute atomic E-state index is 5.23. The number of methoxy groups -OCH3 is 1. The minimum atomic E-state index is 0.136. The Morgan fingerprint density at radius 3 is 2.93 bits per heavy atom. The fourth-order valence-corrected chi connectivity index (χ4v) is 1.14. The van der Waals surface area contributed by atoms with Gasteiger partial charge >= 0.3 is 0 Å². The molecule has 0 spiro atoms. The van der Waals surface area contributed by atoms with Crippen LogP contribution in [0.15, 0.2) is 23.3 Å². The van der Waals surface area contributed by atoms with E-state index >= 15 is 0 Å². The van der Waals surface area contributed by atoms with E-state index in [0.717, 1.165) is 16.9 Å². The minimum absolute atomic E-state index is 0.136. The average Bonchev–Trinajstić information content (AvgIpc) is 2.19. The Morgan fingerprint density at radius 2 is 2.33 bits per heavy atom. The zero-order chi connectivity index (χ0) is 11.3. The van der Waals surface area contributed by atoms with E-state index in [1.807, 2.05) is 25.1 Å². The molecule has 0 aromatic heterocycles. The highest BCUT2D eigenvalue weighted by molar-refractivity contribution is 7.80. The molecule has 0 aliphatic carbocycles. The molecule has 0 bridgehead atoms. The van der Waals surface area contributed by atoms with Crippen molar-refractivity contribution in [2.75, 3.05) is 7.11 Å². The van der Waals surface area contributed by atoms with Gasteiger partial charge in [0.2, 0.25) is 0 Å². The molecule has 0 amide bonds. The van der Waals surface area contributed by atoms with Gasteiger partial charge < -0.3 is 10.5 Å². The summed E-state index contributed by atoms with van der Waals surface area (Å²) >= 11 is 4.61. The number of nitrogens with zero attached hydrogens (tertiary/aromatic N) is 1. The van der Waals surface area contributed by atoms with Gasteiger partial charge in [0.05, 0.1) is 13.3 Å². The van der Waals surface area contributed by atoms with E-state index in [2.05, 4.69) is 22.7 Å². The summed E-state index contributed by atoms with van der Waals surface area (Å²) in [5.41, 5.74) is 9.71. The molecule has 1 aromatic rings. The van der Waals surface area contributed by atoms with Crippen LogP contribution in [0.25, 0.3) is 0 Å². The average molecular weight is 223 g/mol. The van der Waals surface area contributed by atoms with E-state index in [-0.39, 0.29) is 5.11 Å². The Bertz CT molecular complexity index is 390. The lowest BCUT2D eigenvalue weighted by Gasteiger charge is -2.05. The number of hydrazone groups is 1. The second kappa shape index (κ2) is 5.31. The minimum Gasteiger partial charge on any atom is -0.496 e. The normalized spacial score (nSPS) is 10.3. The SMILES string of the molecule is COc1cc(C)ccc1C=NNC(N)=S. The quantitative estimate of drug-likeness (QED) is 0.459. The smallest absolute Gasteiger partial charge is 0.184 e. The molecular weight excluding hydrogens is 210 g/mol. The van der Waals surface area contributed by atoms with E-state index in [1.54, 1.807) is 13.3 Å². The van der Waals surface area contributed by atoms with Crippen LogP contribution in [0.5, 0.6) is 5.75 Å². The monoisotopic (exact) mass is 223 g/mol. The number of nitrogens with one attached hydrogen (secondary N) is 1. The van der Waals surface area contributed by atoms with Gasteiger partial charge in [0.1, 0.15) is 5.75 Å². The lowest BCUT2D eigenvalue weighted by atomic mass is 10.1. The standard InChI is InChI=1S/C10H13N3OS/c1-7-3-4-8(9(5-7)14-2)6-12-13-10(11)15/h3-6H,1-2H3,(H3,11,13,15). The first-order valence-corrected chi connectivity index (χ1v) is 4.77. The third-order valence-electron chi connectivity index (χ3n) is 1.77. The van der Waals surface area contributed by atoms with Crippen molar-refractivity contribution in [2.24, 2.45) is 10.8 Å². The number of rotatable bonds is 3. The molecule has 0 radical (unpaired) electrons. The van der Waals surface area contributed by atoms with Gasteiger partial charge in [-0.3, -0.25) is 5.43 Å². The summed E-state index contributed by atoms with van der Waals surface area (Å²) in [7, 11) is 1.62. The number of nitrogens with two attached hydrogens (primary N) is 1. The van der Waals surface area contributed by atoms with E-state index in [4.69, 9.17) is 10.5 Å². The number of aryl methyl sites for hydroxylation is 1. The summed E-state index contributed by atoms with van der Waals surface area (Å²) in [6.07, 6.45) is 1.61. The van der Waals surface area contributed by atoms with Gasteiger partial charge in [0, 0.05) is 5.56 Å². The maximum atomic E-state index is 5.23. The largest absolute Gasteiger partial charge is 0.496 e. The van der Waals surface area contributed by atoms with Gasteiger partial charge in [-0.05, 0) is 36.8 Å². The van der Waals surface area contributed by atoms with Gasteiger partial charge in [0.25, 0.3) is 0 Å². The first-order valence-electron chi connectivity index (χ1n) is 4.36. The third-order valence-corrected chi connectivity index (χ3v) is 1.86. The molecule has 0 atom stereocenters. The molecule has 1 aromatic carbocycles. The molecule has 4 nitrogen and oxygen atoms in total. The molecule has 0 heterocycles. The first kappa shape index (κ1) is 11.5. The van der Waals surface area contributed by atoms with Crippen LogP contribution in [0, 0.1) is 6.92 Å². The van der Waals surface area contributed by atoms with Crippen LogP contribution in [0.1, 0.15) is 11.1 Å². The number of thiocarbonyl (C=S) groups is 1. The summed E-state index contributed by atoms with van der Waals surface area (Å²) in [5.74, 6) is 0.767. The van der Waals surface area contributed by atoms with Crippen LogP contribution in [0.2, 0.25) is 0 Å². The molecule has 15 heavy (non-hydrogen) atoms. The Labute approximate surface area is 94.1 Å². The molecule has 0 aliphatic rings. The molecular formula is C10H13N3OS. The van der Waals surface area contributed by atoms with Gasteiger partial charge in [-0.15, -0.1) is 0 Å². The maximum Gasteiger partial charge on any atom is 0.184 e. The van der Waals surface area contributed by atoms with Crippen molar-refractivity contribution < 1.29 is 4.74 Å². The number of hydrogen-bond donors (Lipinski definition) is 2. The van der Waals surface area contributed by atoms with Crippen LogP contribution < -0.4 is 15.9 Å². The third kappa shape index (κ3) is 3.55. The van der Waals surface area contributed by atoms with Crippen LogP contribution in [0.3, 0.4) is 0 Å². The van der Waals surface area contributed by atoms with Crippen LogP contribution in [0.4, 0.5) is 0 Å². The molecule has 1 rings (SSSR count). The first-order chi connectivity index (χ1) is 7.13. The Hall–Kier alpha value is -1.62. The molecule has 0 saturated heterocycles. The van der Waals surface area contributed by atoms with E-state index in [0.29, 0.717) is 0 Å². The Balaban J connectivity index is 2.84. The highest BCUT2D eigenvalue weighted by Gasteiger charge is 1.99. The van der Waals surface area contributed by atoms with Gasteiger partial charge in [-0.25, -0.2) is 0 Å². The molecule has 3 N–H and O–H groups in total. The van der Waals surface area contributed by atoms with Crippen molar-refractivity contribution in [1.29, 1.82) is 0 Å². The predicted molar refractivity (Wildman–Crippen MR) is 65.2 cm³/mol. The van der Waals surface area contributed by atoms with Gasteiger partial charge in [0.15, 0.2) is 5.11 Å². The van der Waals surface area contributed by atoms with E-state index < -0.39 is 0 Å². The van der Waals surface area contributed by atoms with E-state index in [1.165, 1.54) is 0 Å². The Kier molecular flexibility index (Phi) is 4.05. The lowest BCUT2D eigenvalue weighted by molar-refractivity contribution is 0.414. The predicted octanol–water partition coefficient (Wildman–Crippen LogP) is 1.17. The molecule has 80 valence electrons. The van der Waals surface area contributed by atoms with Crippen molar-refractivity contribution in [3.05, 3.63) is 29.3 Å². The zero-order valence-electron chi connectivity index (χ0n) is 8.65. The second-order valence-electron chi connectivity index (χ2n) is 2.98. The highest BCUT2D eigenvalue weighted by Crippen LogP contribution is 2.17. The number of hydrogen-bond acceptors (Lipinski definition) is 3. The van der Waals surface area contributed by atoms with Crippen LogP contribution >= 0.6 is 12.2 Å². The molecule has 0 fully saturated rings. The van der Waals surface area contributed by atoms with Crippen molar-refractivity contribution >= 4 is 23.5 Å². The summed E-state index contributed by atoms with van der Waals surface area (Å²) in [6, 6.07) is 5.83. The van der Waals surface area contributed by atoms with Crippen molar-refractivity contribution in [3.63, 3.8) is 0 Å². The molecule has 5 heteroatoms. The van der Waals surface area contributed by atoms with Gasteiger partial charge in [-0.2, -0.15) is 5.10 Å². The Morgan fingerprint density at radius 1 is 1.60 bits per heavy atom. The fraction of sp³-hybridized carbons (Fsp3) is 0.200. The van der Waals surface area contributed by atoms with Crippen molar-refractivity contribution in [3.8, 4) is 5.75 Å². The van der Waals surface area contributed by atoms with Crippen LogP contribution in [-0.2, 0) is 0 Å². The molecule has 0 unspecified atom stereocenters. The summed E-state index contributed by atoms with van der Waals surface area (Å²) in [6.45, 7) is 2.00. The topological polar surface area (TPSA) is 59.6 Å². The fourth-order valence-electron chi connectivity index (χ4n) is 1.09.